The van der Waals surface area contributed by atoms with Crippen LogP contribution in [0.4, 0.5) is 5.69 Å². The maximum absolute atomic E-state index is 12.2. The molecule has 2 N–H and O–H groups in total. The third kappa shape index (κ3) is 3.39. The summed E-state index contributed by atoms with van der Waals surface area (Å²) in [4.78, 5) is 14.0. The number of rotatable bonds is 3. The summed E-state index contributed by atoms with van der Waals surface area (Å²) >= 11 is 3.34. The molecule has 0 bridgehead atoms. The Kier molecular flexibility index (Phi) is 5.47. The van der Waals surface area contributed by atoms with Crippen LogP contribution in [0.2, 0.25) is 0 Å². The van der Waals surface area contributed by atoms with E-state index in [9.17, 15) is 4.79 Å². The SMILES string of the molecule is CN(CC1CCC1)C(=O)c1ccc(Br)cc1N.Cl. The Bertz CT molecular complexity index is 435. The molecule has 1 amide bonds. The van der Waals surface area contributed by atoms with E-state index >= 15 is 0 Å². The summed E-state index contributed by atoms with van der Waals surface area (Å²) in [6, 6.07) is 5.39. The molecule has 0 heterocycles. The highest BCUT2D eigenvalue weighted by molar-refractivity contribution is 9.10. The van der Waals surface area contributed by atoms with Crippen LogP contribution in [0, 0.1) is 5.92 Å². The molecule has 0 saturated heterocycles. The van der Waals surface area contributed by atoms with Crippen molar-refractivity contribution in [2.45, 2.75) is 19.3 Å². The Hall–Kier alpha value is -0.740. The Morgan fingerprint density at radius 2 is 2.17 bits per heavy atom. The van der Waals surface area contributed by atoms with E-state index in [4.69, 9.17) is 5.73 Å². The zero-order valence-electron chi connectivity index (χ0n) is 10.4. The molecule has 1 aromatic carbocycles. The molecule has 100 valence electrons. The van der Waals surface area contributed by atoms with Gasteiger partial charge in [-0.15, -0.1) is 12.4 Å². The van der Waals surface area contributed by atoms with Crippen molar-refractivity contribution in [2.75, 3.05) is 19.3 Å². The third-order valence-corrected chi connectivity index (χ3v) is 3.84. The second-order valence-electron chi connectivity index (χ2n) is 4.71. The molecule has 18 heavy (non-hydrogen) atoms. The van der Waals surface area contributed by atoms with Crippen LogP contribution in [0.25, 0.3) is 0 Å². The molecule has 2 rings (SSSR count). The average molecular weight is 334 g/mol. The molecule has 0 aromatic heterocycles. The zero-order chi connectivity index (χ0) is 12.4. The Balaban J connectivity index is 0.00000162. The minimum atomic E-state index is 0. The van der Waals surface area contributed by atoms with Gasteiger partial charge in [-0.1, -0.05) is 22.4 Å². The van der Waals surface area contributed by atoms with Gasteiger partial charge in [-0.05, 0) is 37.0 Å². The molecule has 1 aliphatic carbocycles. The predicted molar refractivity (Wildman–Crippen MR) is 80.1 cm³/mol. The van der Waals surface area contributed by atoms with Gasteiger partial charge in [0.15, 0.2) is 0 Å². The van der Waals surface area contributed by atoms with Crippen LogP contribution < -0.4 is 5.73 Å². The fourth-order valence-corrected chi connectivity index (χ4v) is 2.46. The van der Waals surface area contributed by atoms with Crippen LogP contribution in [0.1, 0.15) is 29.6 Å². The van der Waals surface area contributed by atoms with Gasteiger partial charge in [0.1, 0.15) is 0 Å². The second-order valence-corrected chi connectivity index (χ2v) is 5.63. The first-order valence-corrected chi connectivity index (χ1v) is 6.67. The van der Waals surface area contributed by atoms with Crippen LogP contribution >= 0.6 is 28.3 Å². The van der Waals surface area contributed by atoms with Crippen molar-refractivity contribution >= 4 is 39.9 Å². The number of nitrogen functional groups attached to an aromatic ring is 1. The molecule has 0 atom stereocenters. The van der Waals surface area contributed by atoms with Crippen molar-refractivity contribution in [3.63, 3.8) is 0 Å². The summed E-state index contributed by atoms with van der Waals surface area (Å²) in [5, 5.41) is 0. The number of halogens is 2. The Morgan fingerprint density at radius 3 is 2.67 bits per heavy atom. The van der Waals surface area contributed by atoms with Crippen LogP contribution in [0.5, 0.6) is 0 Å². The molecule has 1 aromatic rings. The Labute approximate surface area is 122 Å². The number of nitrogens with two attached hydrogens (primary N) is 1. The van der Waals surface area contributed by atoms with Crippen LogP contribution in [0.3, 0.4) is 0 Å². The van der Waals surface area contributed by atoms with Gasteiger partial charge in [-0.25, -0.2) is 0 Å². The maximum atomic E-state index is 12.2. The van der Waals surface area contributed by atoms with E-state index in [2.05, 4.69) is 15.9 Å². The first kappa shape index (κ1) is 15.3. The fourth-order valence-electron chi connectivity index (χ4n) is 2.08. The van der Waals surface area contributed by atoms with E-state index in [-0.39, 0.29) is 18.3 Å². The van der Waals surface area contributed by atoms with E-state index in [1.165, 1.54) is 19.3 Å². The van der Waals surface area contributed by atoms with Crippen molar-refractivity contribution in [2.24, 2.45) is 5.92 Å². The summed E-state index contributed by atoms with van der Waals surface area (Å²) in [5.41, 5.74) is 6.98. The third-order valence-electron chi connectivity index (χ3n) is 3.35. The lowest BCUT2D eigenvalue weighted by atomic mass is 9.85. The summed E-state index contributed by atoms with van der Waals surface area (Å²) in [7, 11) is 1.85. The molecule has 3 nitrogen and oxygen atoms in total. The summed E-state index contributed by atoms with van der Waals surface area (Å²) < 4.78 is 0.896. The number of benzene rings is 1. The smallest absolute Gasteiger partial charge is 0.255 e. The van der Waals surface area contributed by atoms with E-state index in [0.717, 1.165) is 11.0 Å². The maximum Gasteiger partial charge on any atom is 0.255 e. The molecule has 0 aliphatic heterocycles. The Morgan fingerprint density at radius 1 is 1.50 bits per heavy atom. The predicted octanol–water partition coefficient (Wildman–Crippen LogP) is 3.33. The van der Waals surface area contributed by atoms with Crippen molar-refractivity contribution in [1.82, 2.24) is 4.90 Å². The van der Waals surface area contributed by atoms with Crippen LogP contribution in [-0.2, 0) is 0 Å². The minimum absolute atomic E-state index is 0. The number of carbonyl (C=O) groups is 1. The standard InChI is InChI=1S/C13H17BrN2O.ClH/c1-16(8-9-3-2-4-9)13(17)11-6-5-10(14)7-12(11)15;/h5-7,9H,2-4,8,15H2,1H3;1H. The van der Waals surface area contributed by atoms with E-state index < -0.39 is 0 Å². The van der Waals surface area contributed by atoms with Gasteiger partial charge in [0, 0.05) is 23.8 Å². The lowest BCUT2D eigenvalue weighted by Gasteiger charge is -2.30. The quantitative estimate of drug-likeness (QED) is 0.863. The lowest BCUT2D eigenvalue weighted by molar-refractivity contribution is 0.0746. The summed E-state index contributed by atoms with van der Waals surface area (Å²) in [6.07, 6.45) is 3.79. The van der Waals surface area contributed by atoms with Gasteiger partial charge >= 0.3 is 0 Å². The van der Waals surface area contributed by atoms with E-state index in [1.807, 2.05) is 13.1 Å². The largest absolute Gasteiger partial charge is 0.398 e. The highest BCUT2D eigenvalue weighted by atomic mass is 79.9. The van der Waals surface area contributed by atoms with Gasteiger partial charge in [-0.2, -0.15) is 0 Å². The van der Waals surface area contributed by atoms with Gasteiger partial charge in [0.25, 0.3) is 5.91 Å². The number of nitrogens with zero attached hydrogens (tertiary/aromatic N) is 1. The first-order valence-electron chi connectivity index (χ1n) is 5.88. The number of carbonyl (C=O) groups excluding carboxylic acids is 1. The van der Waals surface area contributed by atoms with Crippen molar-refractivity contribution in [3.8, 4) is 0 Å². The minimum Gasteiger partial charge on any atom is -0.398 e. The molecule has 1 saturated carbocycles. The number of hydrogen-bond donors (Lipinski definition) is 1. The van der Waals surface area contributed by atoms with Gasteiger partial charge < -0.3 is 10.6 Å². The number of hydrogen-bond acceptors (Lipinski definition) is 2. The molecule has 1 aliphatic rings. The highest BCUT2D eigenvalue weighted by Gasteiger charge is 2.22. The molecule has 0 unspecified atom stereocenters. The van der Waals surface area contributed by atoms with Gasteiger partial charge in [0.2, 0.25) is 0 Å². The molecule has 0 spiro atoms. The first-order chi connectivity index (χ1) is 8.08. The van der Waals surface area contributed by atoms with Crippen molar-refractivity contribution < 1.29 is 4.79 Å². The average Bonchev–Trinajstić information content (AvgIpc) is 2.22. The van der Waals surface area contributed by atoms with E-state index in [0.29, 0.717) is 17.2 Å². The summed E-state index contributed by atoms with van der Waals surface area (Å²) in [6.45, 7) is 0.842. The second kappa shape index (κ2) is 6.43. The van der Waals surface area contributed by atoms with Crippen LogP contribution in [-0.4, -0.2) is 24.4 Å². The van der Waals surface area contributed by atoms with Crippen molar-refractivity contribution in [3.05, 3.63) is 28.2 Å². The monoisotopic (exact) mass is 332 g/mol. The fraction of sp³-hybridized carbons (Fsp3) is 0.462. The number of anilines is 1. The number of amides is 1. The zero-order valence-corrected chi connectivity index (χ0v) is 12.8. The summed E-state index contributed by atoms with van der Waals surface area (Å²) in [5.74, 6) is 0.697. The van der Waals surface area contributed by atoms with Crippen LogP contribution in [0.15, 0.2) is 22.7 Å². The molecular weight excluding hydrogens is 316 g/mol. The molecule has 5 heteroatoms. The lowest BCUT2D eigenvalue weighted by Crippen LogP contribution is -2.34. The molecule has 0 radical (unpaired) electrons. The normalized spacial score (nSPS) is 14.6. The molecular formula is C13H18BrClN2O. The highest BCUT2D eigenvalue weighted by Crippen LogP contribution is 2.27. The molecule has 1 fully saturated rings. The van der Waals surface area contributed by atoms with Gasteiger partial charge in [-0.3, -0.25) is 4.79 Å². The van der Waals surface area contributed by atoms with E-state index in [1.54, 1.807) is 17.0 Å². The topological polar surface area (TPSA) is 46.3 Å². The van der Waals surface area contributed by atoms with Crippen molar-refractivity contribution in [1.29, 1.82) is 0 Å². The van der Waals surface area contributed by atoms with Gasteiger partial charge in [0.05, 0.1) is 5.56 Å².